The maximum Gasteiger partial charge on any atom is 0.161 e. The number of aromatic nitrogens is 3. The molecule has 1 aliphatic rings. The van der Waals surface area contributed by atoms with Crippen LogP contribution < -0.4 is 14.2 Å². The Labute approximate surface area is 205 Å². The molecule has 34 heavy (non-hydrogen) atoms. The highest BCUT2D eigenvalue weighted by atomic mass is 35.5. The van der Waals surface area contributed by atoms with Gasteiger partial charge in [0.2, 0.25) is 0 Å². The number of methoxy groups -OCH3 is 1. The molecule has 1 fully saturated rings. The van der Waals surface area contributed by atoms with Crippen molar-refractivity contribution in [2.24, 2.45) is 0 Å². The summed E-state index contributed by atoms with van der Waals surface area (Å²) in [5, 5.41) is 19.1. The Morgan fingerprint density at radius 3 is 2.50 bits per heavy atom. The van der Waals surface area contributed by atoms with E-state index in [0.717, 1.165) is 30.8 Å². The molecular weight excluding hydrogens is 456 g/mol. The number of rotatable bonds is 10. The zero-order valence-electron chi connectivity index (χ0n) is 19.6. The van der Waals surface area contributed by atoms with Crippen molar-refractivity contribution < 1.29 is 19.3 Å². The van der Waals surface area contributed by atoms with E-state index in [1.165, 1.54) is 0 Å². The molecule has 182 valence electrons. The number of aryl methyl sites for hydroxylation is 1. The second-order valence-corrected chi connectivity index (χ2v) is 9.16. The SMILES string of the molecule is COc1cc(CN2CCC(O)(COc3cc(C)ccc3Cl)CC2)ccc1OCCn1cnnc1. The molecule has 4 rings (SSSR count). The lowest BCUT2D eigenvalue weighted by atomic mass is 9.92. The lowest BCUT2D eigenvalue weighted by Gasteiger charge is -2.38. The minimum atomic E-state index is -0.857. The average Bonchev–Trinajstić information content (AvgIpc) is 3.36. The Kier molecular flexibility index (Phi) is 7.92. The van der Waals surface area contributed by atoms with Crippen LogP contribution in [0.3, 0.4) is 0 Å². The maximum atomic E-state index is 11.0. The highest BCUT2D eigenvalue weighted by Gasteiger charge is 2.33. The number of nitrogens with zero attached hydrogens (tertiary/aromatic N) is 4. The molecule has 2 heterocycles. The lowest BCUT2D eigenvalue weighted by molar-refractivity contribution is -0.0537. The first-order valence-corrected chi connectivity index (χ1v) is 11.8. The van der Waals surface area contributed by atoms with E-state index in [9.17, 15) is 5.11 Å². The largest absolute Gasteiger partial charge is 0.493 e. The van der Waals surface area contributed by atoms with Gasteiger partial charge in [-0.05, 0) is 55.2 Å². The topological polar surface area (TPSA) is 81.9 Å². The fourth-order valence-corrected chi connectivity index (χ4v) is 4.16. The summed E-state index contributed by atoms with van der Waals surface area (Å²) in [6.07, 6.45) is 4.59. The molecule has 1 aromatic heterocycles. The van der Waals surface area contributed by atoms with Crippen molar-refractivity contribution >= 4 is 11.6 Å². The van der Waals surface area contributed by atoms with E-state index >= 15 is 0 Å². The second-order valence-electron chi connectivity index (χ2n) is 8.76. The molecule has 0 bridgehead atoms. The number of benzene rings is 2. The monoisotopic (exact) mass is 486 g/mol. The maximum absolute atomic E-state index is 11.0. The van der Waals surface area contributed by atoms with E-state index in [1.807, 2.05) is 41.8 Å². The third kappa shape index (κ3) is 6.40. The van der Waals surface area contributed by atoms with Crippen molar-refractivity contribution in [1.29, 1.82) is 0 Å². The Morgan fingerprint density at radius 2 is 1.76 bits per heavy atom. The number of likely N-dealkylation sites (tertiary alicyclic amines) is 1. The summed E-state index contributed by atoms with van der Waals surface area (Å²) in [6.45, 7) is 5.71. The van der Waals surface area contributed by atoms with E-state index in [0.29, 0.717) is 48.3 Å². The number of ether oxygens (including phenoxy) is 3. The first-order chi connectivity index (χ1) is 16.4. The van der Waals surface area contributed by atoms with Crippen LogP contribution in [0.1, 0.15) is 24.0 Å². The van der Waals surface area contributed by atoms with Gasteiger partial charge < -0.3 is 23.9 Å². The van der Waals surface area contributed by atoms with Crippen molar-refractivity contribution in [1.82, 2.24) is 19.7 Å². The normalized spacial score (nSPS) is 15.8. The van der Waals surface area contributed by atoms with Gasteiger partial charge in [0.25, 0.3) is 0 Å². The van der Waals surface area contributed by atoms with Crippen molar-refractivity contribution in [3.05, 3.63) is 65.2 Å². The molecule has 9 heteroatoms. The van der Waals surface area contributed by atoms with Gasteiger partial charge in [0, 0.05) is 19.6 Å². The molecule has 1 N–H and O–H groups in total. The summed E-state index contributed by atoms with van der Waals surface area (Å²) in [5.41, 5.74) is 1.35. The van der Waals surface area contributed by atoms with Gasteiger partial charge in [-0.3, -0.25) is 4.90 Å². The van der Waals surface area contributed by atoms with Gasteiger partial charge in [-0.25, -0.2) is 0 Å². The summed E-state index contributed by atoms with van der Waals surface area (Å²) < 4.78 is 19.2. The molecule has 0 radical (unpaired) electrons. The molecule has 0 atom stereocenters. The molecule has 0 unspecified atom stereocenters. The summed E-state index contributed by atoms with van der Waals surface area (Å²) in [7, 11) is 1.65. The molecule has 8 nitrogen and oxygen atoms in total. The molecule has 2 aromatic carbocycles. The third-order valence-electron chi connectivity index (χ3n) is 6.08. The van der Waals surface area contributed by atoms with Gasteiger partial charge in [0.05, 0.1) is 18.7 Å². The fraction of sp³-hybridized carbons (Fsp3) is 0.440. The van der Waals surface area contributed by atoms with Gasteiger partial charge in [0.1, 0.15) is 37.2 Å². The number of hydrogen-bond donors (Lipinski definition) is 1. The predicted octanol–water partition coefficient (Wildman–Crippen LogP) is 3.73. The molecule has 0 saturated carbocycles. The van der Waals surface area contributed by atoms with Crippen molar-refractivity contribution in [3.63, 3.8) is 0 Å². The van der Waals surface area contributed by atoms with Crippen molar-refractivity contribution in [2.75, 3.05) is 33.4 Å². The van der Waals surface area contributed by atoms with Crippen LogP contribution in [0.25, 0.3) is 0 Å². The zero-order chi connectivity index (χ0) is 24.0. The molecule has 0 amide bonds. The minimum Gasteiger partial charge on any atom is -0.493 e. The fourth-order valence-electron chi connectivity index (χ4n) is 3.99. The zero-order valence-corrected chi connectivity index (χ0v) is 20.4. The van der Waals surface area contributed by atoms with Gasteiger partial charge >= 0.3 is 0 Å². The van der Waals surface area contributed by atoms with Crippen LogP contribution in [0.4, 0.5) is 0 Å². The number of halogens is 1. The predicted molar refractivity (Wildman–Crippen MR) is 130 cm³/mol. The Bertz CT molecular complexity index is 1070. The summed E-state index contributed by atoms with van der Waals surface area (Å²) in [5.74, 6) is 2.03. The van der Waals surface area contributed by atoms with E-state index in [4.69, 9.17) is 25.8 Å². The standard InChI is InChI=1S/C25H31ClN4O4/c1-19-3-5-21(26)23(13-19)34-16-25(31)7-9-29(10-8-25)15-20-4-6-22(24(14-20)32-2)33-12-11-30-17-27-28-18-30/h3-6,13-14,17-18,31H,7-12,15-16H2,1-2H3. The van der Waals surface area contributed by atoms with E-state index in [1.54, 1.807) is 19.8 Å². The van der Waals surface area contributed by atoms with Gasteiger partial charge in [0.15, 0.2) is 11.5 Å². The molecule has 0 aliphatic carbocycles. The number of aliphatic hydroxyl groups is 1. The quantitative estimate of drug-likeness (QED) is 0.467. The van der Waals surface area contributed by atoms with Crippen LogP contribution in [0, 0.1) is 6.92 Å². The minimum absolute atomic E-state index is 0.235. The van der Waals surface area contributed by atoms with Crippen LogP contribution in [0.5, 0.6) is 17.2 Å². The van der Waals surface area contributed by atoms with Crippen molar-refractivity contribution in [2.45, 2.75) is 38.5 Å². The van der Waals surface area contributed by atoms with Crippen molar-refractivity contribution in [3.8, 4) is 17.2 Å². The Hall–Kier alpha value is -2.81. The van der Waals surface area contributed by atoms with E-state index in [2.05, 4.69) is 21.2 Å². The number of piperidine rings is 1. The Balaban J connectivity index is 1.27. The summed E-state index contributed by atoms with van der Waals surface area (Å²) in [4.78, 5) is 2.33. The second kappa shape index (κ2) is 11.1. The van der Waals surface area contributed by atoms with Crippen LogP contribution in [0.15, 0.2) is 49.1 Å². The highest BCUT2D eigenvalue weighted by molar-refractivity contribution is 6.32. The summed E-state index contributed by atoms with van der Waals surface area (Å²) >= 11 is 6.22. The lowest BCUT2D eigenvalue weighted by Crippen LogP contribution is -2.47. The van der Waals surface area contributed by atoms with Crippen LogP contribution in [-0.4, -0.2) is 63.8 Å². The van der Waals surface area contributed by atoms with Crippen LogP contribution in [-0.2, 0) is 13.1 Å². The molecule has 1 saturated heterocycles. The van der Waals surface area contributed by atoms with Gasteiger partial charge in [-0.1, -0.05) is 23.7 Å². The Morgan fingerprint density at radius 1 is 1.00 bits per heavy atom. The highest BCUT2D eigenvalue weighted by Crippen LogP contribution is 2.31. The number of hydrogen-bond acceptors (Lipinski definition) is 7. The van der Waals surface area contributed by atoms with E-state index in [-0.39, 0.29) is 6.61 Å². The van der Waals surface area contributed by atoms with Gasteiger partial charge in [-0.2, -0.15) is 0 Å². The average molecular weight is 487 g/mol. The molecular formula is C25H31ClN4O4. The molecule has 3 aromatic rings. The smallest absolute Gasteiger partial charge is 0.161 e. The first kappa shape index (κ1) is 24.3. The van der Waals surface area contributed by atoms with Crippen LogP contribution in [0.2, 0.25) is 5.02 Å². The molecule has 0 spiro atoms. The summed E-state index contributed by atoms with van der Waals surface area (Å²) in [6, 6.07) is 11.7. The van der Waals surface area contributed by atoms with Gasteiger partial charge in [-0.15, -0.1) is 10.2 Å². The van der Waals surface area contributed by atoms with Crippen LogP contribution >= 0.6 is 11.6 Å². The first-order valence-electron chi connectivity index (χ1n) is 11.4. The van der Waals surface area contributed by atoms with E-state index < -0.39 is 5.60 Å². The molecule has 1 aliphatic heterocycles. The third-order valence-corrected chi connectivity index (χ3v) is 6.39.